The van der Waals surface area contributed by atoms with Crippen molar-refractivity contribution in [3.8, 4) is 11.5 Å². The highest BCUT2D eigenvalue weighted by atomic mass is 32.1. The van der Waals surface area contributed by atoms with Gasteiger partial charge in [0.05, 0.1) is 28.9 Å². The Morgan fingerprint density at radius 1 is 1.11 bits per heavy atom. The largest absolute Gasteiger partial charge is 0.507 e. The molecule has 1 N–H and O–H groups in total. The van der Waals surface area contributed by atoms with Crippen LogP contribution in [0.1, 0.15) is 29.7 Å². The molecule has 5 rings (SSSR count). The number of hydrogen-bond donors (Lipinski definition) is 1. The number of benzene rings is 3. The van der Waals surface area contributed by atoms with E-state index in [9.17, 15) is 14.7 Å². The molecule has 2 heterocycles. The van der Waals surface area contributed by atoms with Crippen LogP contribution in [0.5, 0.6) is 11.5 Å². The fraction of sp³-hybridized carbons (Fsp3) is 0.167. The monoisotopic (exact) mass is 526 g/mol. The van der Waals surface area contributed by atoms with Crippen LogP contribution in [0.3, 0.4) is 0 Å². The Kier molecular flexibility index (Phi) is 6.98. The van der Waals surface area contributed by atoms with Gasteiger partial charge >= 0.3 is 5.91 Å². The van der Waals surface area contributed by atoms with Gasteiger partial charge in [-0.1, -0.05) is 49.1 Å². The molecule has 0 unspecified atom stereocenters. The number of ether oxygens (including phenoxy) is 2. The molecule has 0 saturated carbocycles. The molecule has 1 saturated heterocycles. The Balaban J connectivity index is 1.69. The lowest BCUT2D eigenvalue weighted by Crippen LogP contribution is -2.29. The molecule has 1 aliphatic heterocycles. The highest BCUT2D eigenvalue weighted by Crippen LogP contribution is 2.45. The number of amides is 1. The number of hydrogen-bond acceptors (Lipinski definition) is 7. The first kappa shape index (κ1) is 25.2. The Labute approximate surface area is 224 Å². The lowest BCUT2D eigenvalue weighted by Gasteiger charge is -2.23. The van der Waals surface area contributed by atoms with Gasteiger partial charge in [-0.15, -0.1) is 0 Å². The Bertz CT molecular complexity index is 1570. The minimum absolute atomic E-state index is 0.0189. The van der Waals surface area contributed by atoms with Crippen molar-refractivity contribution in [1.29, 1.82) is 0 Å². The number of thiazole rings is 1. The summed E-state index contributed by atoms with van der Waals surface area (Å²) in [6.45, 7) is 6.05. The topological polar surface area (TPSA) is 89.0 Å². The molecule has 1 aliphatic rings. The second-order valence-corrected chi connectivity index (χ2v) is 9.73. The van der Waals surface area contributed by atoms with Crippen LogP contribution >= 0.6 is 11.3 Å². The number of Topliss-reactive ketones (excluding diaryl/α,β-unsaturated/α-hetero) is 1. The Hall–Kier alpha value is -4.43. The van der Waals surface area contributed by atoms with Gasteiger partial charge in [0.15, 0.2) is 5.13 Å². The summed E-state index contributed by atoms with van der Waals surface area (Å²) in [4.78, 5) is 33.1. The number of aliphatic hydroxyl groups excluding tert-OH is 1. The first-order valence-electron chi connectivity index (χ1n) is 12.1. The summed E-state index contributed by atoms with van der Waals surface area (Å²) in [6.07, 6.45) is 2.50. The maximum atomic E-state index is 13.5. The highest BCUT2D eigenvalue weighted by Gasteiger charge is 2.48. The summed E-state index contributed by atoms with van der Waals surface area (Å²) in [5.74, 6) is -0.655. The van der Waals surface area contributed by atoms with Crippen LogP contribution in [0.2, 0.25) is 0 Å². The molecule has 38 heavy (non-hydrogen) atoms. The van der Waals surface area contributed by atoms with Crippen LogP contribution < -0.4 is 14.4 Å². The third kappa shape index (κ3) is 4.54. The van der Waals surface area contributed by atoms with Gasteiger partial charge in [-0.05, 0) is 66.1 Å². The summed E-state index contributed by atoms with van der Waals surface area (Å²) in [6, 6.07) is 18.8. The number of carbonyl (C=O) groups excluding carboxylic acids is 2. The molecular formula is C30H26N2O5S. The van der Waals surface area contributed by atoms with E-state index in [4.69, 9.17) is 14.5 Å². The molecule has 192 valence electrons. The minimum Gasteiger partial charge on any atom is -0.507 e. The number of anilines is 1. The second kappa shape index (κ2) is 10.5. The zero-order valence-electron chi connectivity index (χ0n) is 21.0. The Morgan fingerprint density at radius 2 is 1.89 bits per heavy atom. The number of aryl methyl sites for hydroxylation is 1. The maximum absolute atomic E-state index is 13.5. The lowest BCUT2D eigenvalue weighted by molar-refractivity contribution is -0.132. The normalized spacial score (nSPS) is 16.7. The quantitative estimate of drug-likeness (QED) is 0.130. The predicted molar refractivity (Wildman–Crippen MR) is 149 cm³/mol. The number of aromatic nitrogens is 1. The zero-order chi connectivity index (χ0) is 26.8. The fourth-order valence-electron chi connectivity index (χ4n) is 4.46. The van der Waals surface area contributed by atoms with Gasteiger partial charge < -0.3 is 14.6 Å². The van der Waals surface area contributed by atoms with E-state index in [1.165, 1.54) is 16.2 Å². The lowest BCUT2D eigenvalue weighted by atomic mass is 9.95. The molecule has 8 heteroatoms. The molecule has 0 radical (unpaired) electrons. The van der Waals surface area contributed by atoms with Crippen molar-refractivity contribution in [3.63, 3.8) is 0 Å². The number of aliphatic hydroxyl groups is 1. The summed E-state index contributed by atoms with van der Waals surface area (Å²) in [7, 11) is 1.54. The van der Waals surface area contributed by atoms with Crippen molar-refractivity contribution in [2.24, 2.45) is 0 Å². The van der Waals surface area contributed by atoms with Crippen molar-refractivity contribution < 1.29 is 24.2 Å². The molecule has 3 aromatic carbocycles. The smallest absolute Gasteiger partial charge is 0.301 e. The van der Waals surface area contributed by atoms with E-state index in [0.29, 0.717) is 34.4 Å². The highest BCUT2D eigenvalue weighted by molar-refractivity contribution is 7.22. The molecule has 4 aromatic rings. The number of rotatable bonds is 8. The van der Waals surface area contributed by atoms with Gasteiger partial charge in [-0.3, -0.25) is 14.5 Å². The number of nitrogens with zero attached hydrogens (tertiary/aromatic N) is 2. The zero-order valence-corrected chi connectivity index (χ0v) is 21.8. The van der Waals surface area contributed by atoms with Gasteiger partial charge in [0.25, 0.3) is 5.78 Å². The van der Waals surface area contributed by atoms with Gasteiger partial charge in [0.1, 0.15) is 23.9 Å². The van der Waals surface area contributed by atoms with Crippen molar-refractivity contribution in [3.05, 3.63) is 102 Å². The summed E-state index contributed by atoms with van der Waals surface area (Å²) >= 11 is 1.34. The number of fused-ring (bicyclic) bond motifs is 1. The maximum Gasteiger partial charge on any atom is 0.301 e. The standard InChI is InChI=1S/C30H26N2O5S/c1-4-15-37-22-8-6-7-20(17-22)26-25(27(33)19-10-12-21(36-3)13-11-19)28(34)29(35)32(26)30-31-23-14-9-18(5-2)16-24(23)38-30/h4,6-14,16-17,26,33H,1,5,15H2,2-3H3/t26-/m1/s1. The number of methoxy groups -OCH3 is 1. The number of carbonyl (C=O) groups is 2. The van der Waals surface area contributed by atoms with Crippen LogP contribution in [0.15, 0.2) is 85.0 Å². The van der Waals surface area contributed by atoms with E-state index >= 15 is 0 Å². The van der Waals surface area contributed by atoms with Crippen LogP contribution in [0.25, 0.3) is 16.0 Å². The van der Waals surface area contributed by atoms with Gasteiger partial charge in [-0.2, -0.15) is 0 Å². The van der Waals surface area contributed by atoms with Crippen LogP contribution in [-0.4, -0.2) is 35.5 Å². The predicted octanol–water partition coefficient (Wildman–Crippen LogP) is 6.06. The van der Waals surface area contributed by atoms with Crippen LogP contribution in [0.4, 0.5) is 5.13 Å². The van der Waals surface area contributed by atoms with Crippen LogP contribution in [0, 0.1) is 0 Å². The Morgan fingerprint density at radius 3 is 2.61 bits per heavy atom. The molecule has 1 atom stereocenters. The molecular weight excluding hydrogens is 500 g/mol. The van der Waals surface area contributed by atoms with E-state index in [0.717, 1.165) is 22.2 Å². The van der Waals surface area contributed by atoms with Crippen molar-refractivity contribution in [2.75, 3.05) is 18.6 Å². The van der Waals surface area contributed by atoms with E-state index in [-0.39, 0.29) is 11.3 Å². The van der Waals surface area contributed by atoms with Crippen molar-refractivity contribution in [2.45, 2.75) is 19.4 Å². The first-order valence-corrected chi connectivity index (χ1v) is 12.9. The third-order valence-electron chi connectivity index (χ3n) is 6.41. The van der Waals surface area contributed by atoms with Crippen LogP contribution in [-0.2, 0) is 16.0 Å². The SMILES string of the molecule is C=CCOc1cccc([C@@H]2C(=C(O)c3ccc(OC)cc3)C(=O)C(=O)N2c2nc3ccc(CC)cc3s2)c1. The number of ketones is 1. The average Bonchev–Trinajstić information content (AvgIpc) is 3.49. The molecule has 1 fully saturated rings. The summed E-state index contributed by atoms with van der Waals surface area (Å²) < 4.78 is 11.8. The minimum atomic E-state index is -0.907. The van der Waals surface area contributed by atoms with E-state index in [2.05, 4.69) is 13.5 Å². The van der Waals surface area contributed by atoms with Gasteiger partial charge in [-0.25, -0.2) is 4.98 Å². The third-order valence-corrected chi connectivity index (χ3v) is 7.42. The summed E-state index contributed by atoms with van der Waals surface area (Å²) in [5.41, 5.74) is 2.87. The summed E-state index contributed by atoms with van der Waals surface area (Å²) in [5, 5.41) is 11.7. The van der Waals surface area contributed by atoms with Crippen molar-refractivity contribution in [1.82, 2.24) is 4.98 Å². The van der Waals surface area contributed by atoms with E-state index in [1.807, 2.05) is 18.2 Å². The molecule has 0 aliphatic carbocycles. The molecule has 0 spiro atoms. The fourth-order valence-corrected chi connectivity index (χ4v) is 5.51. The molecule has 1 amide bonds. The first-order chi connectivity index (χ1) is 18.4. The van der Waals surface area contributed by atoms with E-state index < -0.39 is 17.7 Å². The average molecular weight is 527 g/mol. The van der Waals surface area contributed by atoms with E-state index in [1.54, 1.807) is 61.7 Å². The van der Waals surface area contributed by atoms with Crippen molar-refractivity contribution >= 4 is 44.1 Å². The molecule has 0 bridgehead atoms. The van der Waals surface area contributed by atoms with Gasteiger partial charge in [0.2, 0.25) is 0 Å². The second-order valence-electron chi connectivity index (χ2n) is 8.72. The van der Waals surface area contributed by atoms with Gasteiger partial charge in [0, 0.05) is 5.56 Å². The molecule has 7 nitrogen and oxygen atoms in total. The molecule has 1 aromatic heterocycles.